The summed E-state index contributed by atoms with van der Waals surface area (Å²) in [6.45, 7) is 0.908. The number of methoxy groups -OCH3 is 1. The van der Waals surface area contributed by atoms with E-state index in [9.17, 15) is 13.6 Å². The van der Waals surface area contributed by atoms with Crippen molar-refractivity contribution < 1.29 is 18.3 Å². The van der Waals surface area contributed by atoms with Crippen LogP contribution in [0.2, 0.25) is 0 Å². The van der Waals surface area contributed by atoms with E-state index in [1.165, 1.54) is 7.11 Å². The number of amides is 1. The van der Waals surface area contributed by atoms with Crippen molar-refractivity contribution in [2.75, 3.05) is 33.4 Å². The molecular formula is C18H22F2N4O2. The van der Waals surface area contributed by atoms with Crippen molar-refractivity contribution in [3.8, 4) is 0 Å². The molecular weight excluding hydrogens is 342 g/mol. The molecule has 4 rings (SSSR count). The number of halogens is 2. The average Bonchev–Trinajstić information content (AvgIpc) is 3.04. The summed E-state index contributed by atoms with van der Waals surface area (Å²) in [7, 11) is 3.33. The SMILES string of the molecule is COCC1CC(F)(F)CN1C1CN(C(=O)c2nn(C)c3ccccc23)C1. The number of para-hydroxylation sites is 1. The Morgan fingerprint density at radius 3 is 2.81 bits per heavy atom. The quantitative estimate of drug-likeness (QED) is 0.830. The molecule has 2 saturated heterocycles. The lowest BCUT2D eigenvalue weighted by Crippen LogP contribution is -2.62. The summed E-state index contributed by atoms with van der Waals surface area (Å²) in [6.07, 6.45) is -0.184. The average molecular weight is 364 g/mol. The Bertz CT molecular complexity index is 832. The van der Waals surface area contributed by atoms with E-state index in [2.05, 4.69) is 5.10 Å². The normalized spacial score (nSPS) is 23.5. The van der Waals surface area contributed by atoms with Crippen LogP contribution in [0.25, 0.3) is 10.9 Å². The zero-order valence-electron chi connectivity index (χ0n) is 14.9. The van der Waals surface area contributed by atoms with Crippen LogP contribution in [0.15, 0.2) is 24.3 Å². The molecule has 0 aliphatic carbocycles. The molecule has 0 spiro atoms. The van der Waals surface area contributed by atoms with Gasteiger partial charge in [0.2, 0.25) is 0 Å². The van der Waals surface area contributed by atoms with Gasteiger partial charge in [0.05, 0.1) is 18.7 Å². The Hall–Kier alpha value is -2.06. The molecule has 2 aliphatic rings. The summed E-state index contributed by atoms with van der Waals surface area (Å²) in [5.74, 6) is -2.84. The maximum Gasteiger partial charge on any atom is 0.275 e. The molecule has 140 valence electrons. The third kappa shape index (κ3) is 2.87. The first kappa shape index (κ1) is 17.4. The van der Waals surface area contributed by atoms with E-state index in [-0.39, 0.29) is 37.6 Å². The van der Waals surface area contributed by atoms with Crippen LogP contribution in [0.4, 0.5) is 8.78 Å². The molecule has 6 nitrogen and oxygen atoms in total. The highest BCUT2D eigenvalue weighted by Gasteiger charge is 2.50. The van der Waals surface area contributed by atoms with Crippen molar-refractivity contribution in [3.05, 3.63) is 30.0 Å². The van der Waals surface area contributed by atoms with Crippen molar-refractivity contribution in [3.63, 3.8) is 0 Å². The summed E-state index contributed by atoms with van der Waals surface area (Å²) in [5.41, 5.74) is 1.31. The van der Waals surface area contributed by atoms with Crippen LogP contribution in [0.5, 0.6) is 0 Å². The zero-order chi connectivity index (χ0) is 18.5. The lowest BCUT2D eigenvalue weighted by Gasteiger charge is -2.45. The fourth-order valence-corrected chi connectivity index (χ4v) is 4.05. The Morgan fingerprint density at radius 1 is 1.35 bits per heavy atom. The van der Waals surface area contributed by atoms with Crippen LogP contribution in [0.3, 0.4) is 0 Å². The molecule has 0 N–H and O–H groups in total. The minimum atomic E-state index is -2.69. The molecule has 3 heterocycles. The zero-order valence-corrected chi connectivity index (χ0v) is 14.9. The molecule has 0 saturated carbocycles. The van der Waals surface area contributed by atoms with Crippen molar-refractivity contribution in [1.29, 1.82) is 0 Å². The number of hydrogen-bond donors (Lipinski definition) is 0. The van der Waals surface area contributed by atoms with Gasteiger partial charge in [-0.1, -0.05) is 18.2 Å². The van der Waals surface area contributed by atoms with Gasteiger partial charge in [-0.25, -0.2) is 8.78 Å². The molecule has 1 unspecified atom stereocenters. The van der Waals surface area contributed by atoms with Crippen LogP contribution in [-0.4, -0.2) is 76.8 Å². The van der Waals surface area contributed by atoms with Gasteiger partial charge >= 0.3 is 0 Å². The Labute approximate surface area is 150 Å². The molecule has 26 heavy (non-hydrogen) atoms. The number of aryl methyl sites for hydroxylation is 1. The van der Waals surface area contributed by atoms with Gasteiger partial charge in [0.15, 0.2) is 5.69 Å². The third-order valence-corrected chi connectivity index (χ3v) is 5.36. The van der Waals surface area contributed by atoms with Crippen molar-refractivity contribution in [2.24, 2.45) is 7.05 Å². The van der Waals surface area contributed by atoms with Crippen LogP contribution in [-0.2, 0) is 11.8 Å². The number of fused-ring (bicyclic) bond motifs is 1. The minimum absolute atomic E-state index is 0.0533. The number of likely N-dealkylation sites (tertiary alicyclic amines) is 2. The topological polar surface area (TPSA) is 50.6 Å². The van der Waals surface area contributed by atoms with Crippen LogP contribution in [0, 0.1) is 0 Å². The molecule has 8 heteroatoms. The highest BCUT2D eigenvalue weighted by molar-refractivity contribution is 6.05. The molecule has 2 aromatic rings. The minimum Gasteiger partial charge on any atom is -0.383 e. The first-order valence-electron chi connectivity index (χ1n) is 8.73. The fourth-order valence-electron chi connectivity index (χ4n) is 4.05. The molecule has 1 aromatic carbocycles. The van der Waals surface area contributed by atoms with Gasteiger partial charge in [0.1, 0.15) is 0 Å². The Balaban J connectivity index is 1.46. The van der Waals surface area contributed by atoms with E-state index in [1.807, 2.05) is 24.3 Å². The van der Waals surface area contributed by atoms with E-state index in [0.717, 1.165) is 10.9 Å². The maximum absolute atomic E-state index is 13.8. The number of nitrogens with zero attached hydrogens (tertiary/aromatic N) is 4. The number of carbonyl (C=O) groups excluding carboxylic acids is 1. The molecule has 0 radical (unpaired) electrons. The van der Waals surface area contributed by atoms with Crippen molar-refractivity contribution >= 4 is 16.8 Å². The van der Waals surface area contributed by atoms with Gasteiger partial charge in [-0.15, -0.1) is 0 Å². The highest BCUT2D eigenvalue weighted by Crippen LogP contribution is 2.36. The van der Waals surface area contributed by atoms with Gasteiger partial charge in [0, 0.05) is 51.1 Å². The summed E-state index contributed by atoms with van der Waals surface area (Å²) < 4.78 is 34.4. The third-order valence-electron chi connectivity index (χ3n) is 5.36. The van der Waals surface area contributed by atoms with Gasteiger partial charge in [0.25, 0.3) is 11.8 Å². The molecule has 2 aliphatic heterocycles. The lowest BCUT2D eigenvalue weighted by atomic mass is 10.0. The van der Waals surface area contributed by atoms with E-state index in [4.69, 9.17) is 4.74 Å². The second-order valence-electron chi connectivity index (χ2n) is 7.19. The number of aromatic nitrogens is 2. The predicted octanol–water partition coefficient (Wildman–Crippen LogP) is 1.75. The molecule has 1 aromatic heterocycles. The molecule has 2 fully saturated rings. The van der Waals surface area contributed by atoms with Gasteiger partial charge in [-0.05, 0) is 6.07 Å². The van der Waals surface area contributed by atoms with E-state index >= 15 is 0 Å². The van der Waals surface area contributed by atoms with E-state index in [1.54, 1.807) is 21.5 Å². The Morgan fingerprint density at radius 2 is 2.08 bits per heavy atom. The largest absolute Gasteiger partial charge is 0.383 e. The summed E-state index contributed by atoms with van der Waals surface area (Å²) in [6, 6.07) is 7.22. The number of alkyl halides is 2. The second-order valence-corrected chi connectivity index (χ2v) is 7.19. The molecule has 0 bridgehead atoms. The first-order chi connectivity index (χ1) is 12.4. The van der Waals surface area contributed by atoms with E-state index in [0.29, 0.717) is 18.8 Å². The molecule has 1 amide bonds. The standard InChI is InChI=1S/C18H22F2N4O2/c1-22-15-6-4-3-5-14(15)16(21-22)17(25)23-8-13(9-23)24-11-18(19,20)7-12(24)10-26-2/h3-6,12-13H,7-11H2,1-2H3. The molecule has 1 atom stereocenters. The fraction of sp³-hybridized carbons (Fsp3) is 0.556. The number of hydrogen-bond acceptors (Lipinski definition) is 4. The van der Waals surface area contributed by atoms with Gasteiger partial charge < -0.3 is 9.64 Å². The smallest absolute Gasteiger partial charge is 0.275 e. The number of benzene rings is 1. The highest BCUT2D eigenvalue weighted by atomic mass is 19.3. The first-order valence-corrected chi connectivity index (χ1v) is 8.73. The number of ether oxygens (including phenoxy) is 1. The summed E-state index contributed by atoms with van der Waals surface area (Å²) >= 11 is 0. The van der Waals surface area contributed by atoms with Crippen LogP contribution < -0.4 is 0 Å². The van der Waals surface area contributed by atoms with Gasteiger partial charge in [-0.3, -0.25) is 14.4 Å². The second kappa shape index (κ2) is 6.28. The number of carbonyl (C=O) groups is 1. The van der Waals surface area contributed by atoms with E-state index < -0.39 is 5.92 Å². The maximum atomic E-state index is 13.8. The summed E-state index contributed by atoms with van der Waals surface area (Å²) in [4.78, 5) is 16.3. The van der Waals surface area contributed by atoms with Gasteiger partial charge in [-0.2, -0.15) is 5.10 Å². The lowest BCUT2D eigenvalue weighted by molar-refractivity contribution is -0.0137. The predicted molar refractivity (Wildman–Crippen MR) is 92.3 cm³/mol. The summed E-state index contributed by atoms with van der Waals surface area (Å²) in [5, 5.41) is 5.17. The van der Waals surface area contributed by atoms with Crippen LogP contribution >= 0.6 is 0 Å². The van der Waals surface area contributed by atoms with Crippen molar-refractivity contribution in [1.82, 2.24) is 19.6 Å². The monoisotopic (exact) mass is 364 g/mol. The number of rotatable bonds is 4. The van der Waals surface area contributed by atoms with Crippen LogP contribution in [0.1, 0.15) is 16.9 Å². The van der Waals surface area contributed by atoms with Crippen molar-refractivity contribution in [2.45, 2.75) is 24.4 Å². The Kier molecular flexibility index (Phi) is 4.19.